The first-order chi connectivity index (χ1) is 13.2. The Labute approximate surface area is 161 Å². The summed E-state index contributed by atoms with van der Waals surface area (Å²) in [4.78, 5) is 12.8. The predicted octanol–water partition coefficient (Wildman–Crippen LogP) is 6.84. The van der Waals surface area contributed by atoms with Gasteiger partial charge in [0.15, 0.2) is 5.78 Å². The zero-order valence-corrected chi connectivity index (χ0v) is 16.1. The van der Waals surface area contributed by atoms with Gasteiger partial charge in [-0.25, -0.2) is 0 Å². The molecule has 2 aromatic carbocycles. The van der Waals surface area contributed by atoms with Gasteiger partial charge in [-0.3, -0.25) is 4.79 Å². The molecule has 4 aliphatic rings. The number of benzene rings is 2. The molecule has 27 heavy (non-hydrogen) atoms. The average molecular weight is 357 g/mol. The number of allylic oxidation sites excluding steroid dienone is 2. The average Bonchev–Trinajstić information content (AvgIpc) is 3.32. The van der Waals surface area contributed by atoms with Gasteiger partial charge in [0.05, 0.1) is 0 Å². The Bertz CT molecular complexity index is 975. The maximum absolute atomic E-state index is 12.8. The monoisotopic (exact) mass is 356 g/mol. The minimum atomic E-state index is 0.251. The topological polar surface area (TPSA) is 17.1 Å². The molecule has 1 spiro atoms. The summed E-state index contributed by atoms with van der Waals surface area (Å²) in [5.74, 6) is 1.81. The van der Waals surface area contributed by atoms with E-state index in [-0.39, 0.29) is 5.41 Å². The van der Waals surface area contributed by atoms with E-state index in [1.807, 2.05) is 0 Å². The quantitative estimate of drug-likeness (QED) is 0.511. The first kappa shape index (κ1) is 16.1. The third-order valence-electron chi connectivity index (χ3n) is 8.26. The molecule has 2 fully saturated rings. The fourth-order valence-electron chi connectivity index (χ4n) is 6.88. The van der Waals surface area contributed by atoms with E-state index in [1.54, 1.807) is 11.1 Å². The molecule has 1 heteroatoms. The first-order valence-corrected chi connectivity index (χ1v) is 11.0. The molecule has 0 N–H and O–H groups in total. The van der Waals surface area contributed by atoms with Crippen molar-refractivity contribution in [3.63, 3.8) is 0 Å². The van der Waals surface area contributed by atoms with E-state index in [9.17, 15) is 4.79 Å². The lowest BCUT2D eigenvalue weighted by atomic mass is 9.62. The smallest absolute Gasteiger partial charge is 0.163 e. The molecule has 0 saturated heterocycles. The van der Waals surface area contributed by atoms with Crippen molar-refractivity contribution in [1.29, 1.82) is 0 Å². The van der Waals surface area contributed by atoms with Crippen molar-refractivity contribution in [3.05, 3.63) is 58.7 Å². The zero-order valence-electron chi connectivity index (χ0n) is 16.1. The molecule has 2 aromatic rings. The Morgan fingerprint density at radius 2 is 1.93 bits per heavy atom. The van der Waals surface area contributed by atoms with Crippen LogP contribution >= 0.6 is 0 Å². The molecular weight excluding hydrogens is 328 g/mol. The molecule has 2 saturated carbocycles. The second kappa shape index (κ2) is 5.80. The van der Waals surface area contributed by atoms with E-state index < -0.39 is 0 Å². The molecule has 0 radical (unpaired) electrons. The maximum atomic E-state index is 12.8. The molecule has 2 bridgehead atoms. The summed E-state index contributed by atoms with van der Waals surface area (Å²) >= 11 is 0. The normalized spacial score (nSPS) is 30.1. The molecule has 0 aliphatic heterocycles. The number of fused-ring (bicyclic) bond motifs is 6. The summed E-state index contributed by atoms with van der Waals surface area (Å²) in [6.45, 7) is 0. The van der Waals surface area contributed by atoms with Crippen LogP contribution in [-0.2, 0) is 5.41 Å². The van der Waals surface area contributed by atoms with Gasteiger partial charge >= 0.3 is 0 Å². The summed E-state index contributed by atoms with van der Waals surface area (Å²) in [6, 6.07) is 11.5. The van der Waals surface area contributed by atoms with Crippen LogP contribution in [0, 0.1) is 5.92 Å². The molecule has 2 unspecified atom stereocenters. The van der Waals surface area contributed by atoms with Crippen molar-refractivity contribution in [2.75, 3.05) is 0 Å². The summed E-state index contributed by atoms with van der Waals surface area (Å²) in [5.41, 5.74) is 5.90. The van der Waals surface area contributed by atoms with E-state index in [2.05, 4.69) is 36.4 Å². The molecule has 6 rings (SSSR count). The van der Waals surface area contributed by atoms with Gasteiger partial charge in [0.25, 0.3) is 0 Å². The minimum Gasteiger partial charge on any atom is -0.294 e. The summed E-state index contributed by atoms with van der Waals surface area (Å²) in [5, 5.41) is 2.72. The highest BCUT2D eigenvalue weighted by Crippen LogP contribution is 2.59. The lowest BCUT2D eigenvalue weighted by Gasteiger charge is -2.41. The Morgan fingerprint density at radius 3 is 2.70 bits per heavy atom. The van der Waals surface area contributed by atoms with Crippen LogP contribution in [0.5, 0.6) is 0 Å². The number of hydrogen-bond donors (Lipinski definition) is 0. The summed E-state index contributed by atoms with van der Waals surface area (Å²) in [7, 11) is 0. The van der Waals surface area contributed by atoms with Gasteiger partial charge in [-0.2, -0.15) is 0 Å². The van der Waals surface area contributed by atoms with Crippen LogP contribution in [0.1, 0.15) is 91.6 Å². The summed E-state index contributed by atoms with van der Waals surface area (Å²) in [6.07, 6.45) is 14.8. The Kier molecular flexibility index (Phi) is 3.46. The van der Waals surface area contributed by atoms with Gasteiger partial charge < -0.3 is 0 Å². The van der Waals surface area contributed by atoms with Crippen LogP contribution in [0.4, 0.5) is 0 Å². The molecule has 2 atom stereocenters. The van der Waals surface area contributed by atoms with Crippen molar-refractivity contribution >= 4 is 16.6 Å². The lowest BCUT2D eigenvalue weighted by Crippen LogP contribution is -2.37. The number of rotatable bonds is 1. The number of carbonyl (C=O) groups excluding carboxylic acids is 1. The lowest BCUT2D eigenvalue weighted by molar-refractivity contribution is 0.0940. The highest BCUT2D eigenvalue weighted by molar-refractivity contribution is 6.04. The maximum Gasteiger partial charge on any atom is 0.163 e. The van der Waals surface area contributed by atoms with Gasteiger partial charge in [-0.1, -0.05) is 49.1 Å². The highest BCUT2D eigenvalue weighted by atomic mass is 16.1. The number of carbonyl (C=O) groups is 1. The van der Waals surface area contributed by atoms with Gasteiger partial charge in [0.2, 0.25) is 0 Å². The molecule has 0 aromatic heterocycles. The standard InChI is InChI=1S/C26H28O/c27-25-11-12-26(16-17-9-10-20(26)13-17)24-15-22-19(14-23(24)25)7-4-8-21(22)18-5-2-1-3-6-18/h4,7-9,14-15,18,20H,1-3,5-6,10-13,16H2. The van der Waals surface area contributed by atoms with E-state index in [0.717, 1.165) is 24.3 Å². The van der Waals surface area contributed by atoms with Crippen molar-refractivity contribution in [2.45, 2.75) is 75.5 Å². The second-order valence-electron chi connectivity index (χ2n) is 9.56. The number of ketones is 1. The van der Waals surface area contributed by atoms with Gasteiger partial charge in [0, 0.05) is 17.4 Å². The third kappa shape index (κ3) is 2.27. The Morgan fingerprint density at radius 1 is 1.04 bits per heavy atom. The van der Waals surface area contributed by atoms with Gasteiger partial charge in [-0.05, 0) is 84.4 Å². The van der Waals surface area contributed by atoms with Crippen LogP contribution in [0.25, 0.3) is 10.8 Å². The third-order valence-corrected chi connectivity index (χ3v) is 8.26. The SMILES string of the molecule is O=C1CCC2(CC3=CCC2C3)c2cc3c(C4CCCCC4)cccc3cc21. The van der Waals surface area contributed by atoms with Crippen molar-refractivity contribution in [3.8, 4) is 0 Å². The van der Waals surface area contributed by atoms with E-state index in [0.29, 0.717) is 11.7 Å². The predicted molar refractivity (Wildman–Crippen MR) is 110 cm³/mol. The van der Waals surface area contributed by atoms with Gasteiger partial charge in [0.1, 0.15) is 0 Å². The van der Waals surface area contributed by atoms with Crippen LogP contribution in [0.2, 0.25) is 0 Å². The van der Waals surface area contributed by atoms with Crippen molar-refractivity contribution < 1.29 is 4.79 Å². The first-order valence-electron chi connectivity index (χ1n) is 11.0. The van der Waals surface area contributed by atoms with Crippen molar-refractivity contribution in [2.24, 2.45) is 5.92 Å². The van der Waals surface area contributed by atoms with Crippen molar-refractivity contribution in [1.82, 2.24) is 0 Å². The Hall–Kier alpha value is -1.89. The van der Waals surface area contributed by atoms with Crippen LogP contribution in [-0.4, -0.2) is 5.78 Å². The van der Waals surface area contributed by atoms with E-state index >= 15 is 0 Å². The fraction of sp³-hybridized carbons (Fsp3) is 0.500. The largest absolute Gasteiger partial charge is 0.294 e. The second-order valence-corrected chi connectivity index (χ2v) is 9.56. The van der Waals surface area contributed by atoms with Crippen LogP contribution in [0.15, 0.2) is 42.0 Å². The highest BCUT2D eigenvalue weighted by Gasteiger charge is 2.51. The molecule has 1 nitrogen and oxygen atoms in total. The molecule has 0 heterocycles. The minimum absolute atomic E-state index is 0.251. The molecule has 0 amide bonds. The zero-order chi connectivity index (χ0) is 18.0. The molecule has 138 valence electrons. The summed E-state index contributed by atoms with van der Waals surface area (Å²) < 4.78 is 0. The van der Waals surface area contributed by atoms with Gasteiger partial charge in [-0.15, -0.1) is 0 Å². The van der Waals surface area contributed by atoms with Crippen LogP contribution < -0.4 is 0 Å². The van der Waals surface area contributed by atoms with E-state index in [4.69, 9.17) is 0 Å². The molecular formula is C26H28O. The fourth-order valence-corrected chi connectivity index (χ4v) is 6.88. The number of Topliss-reactive ketones (excluding diaryl/α,β-unsaturated/α-hetero) is 1. The molecule has 4 aliphatic carbocycles. The van der Waals surface area contributed by atoms with E-state index in [1.165, 1.54) is 67.7 Å². The Balaban J connectivity index is 1.57. The van der Waals surface area contributed by atoms with Crippen LogP contribution in [0.3, 0.4) is 0 Å². The number of hydrogen-bond acceptors (Lipinski definition) is 1.